The summed E-state index contributed by atoms with van der Waals surface area (Å²) in [6.07, 6.45) is 0. The molecule has 1 saturated heterocycles. The summed E-state index contributed by atoms with van der Waals surface area (Å²) in [5.41, 5.74) is 4.09. The molecule has 9 heteroatoms. The minimum Gasteiger partial charge on any atom is -0.378 e. The molecule has 0 spiro atoms. The highest BCUT2D eigenvalue weighted by Crippen LogP contribution is 2.23. The van der Waals surface area contributed by atoms with Gasteiger partial charge in [-0.15, -0.1) is 0 Å². The highest BCUT2D eigenvalue weighted by atomic mass is 32.2. The molecule has 1 aliphatic heterocycles. The van der Waals surface area contributed by atoms with E-state index in [0.717, 1.165) is 41.4 Å². The molecule has 8 nitrogen and oxygen atoms in total. The smallest absolute Gasteiger partial charge is 0.261 e. The van der Waals surface area contributed by atoms with Crippen LogP contribution < -0.4 is 14.9 Å². The number of nitrogens with zero attached hydrogens (tertiary/aromatic N) is 3. The lowest BCUT2D eigenvalue weighted by atomic mass is 10.1. The summed E-state index contributed by atoms with van der Waals surface area (Å²) in [7, 11) is -3.66. The third kappa shape index (κ3) is 5.17. The summed E-state index contributed by atoms with van der Waals surface area (Å²) in [5, 5.41) is 3.20. The number of ether oxygens (including phenoxy) is 1. The van der Waals surface area contributed by atoms with Crippen LogP contribution in [0, 0.1) is 20.8 Å². The molecule has 4 rings (SSSR count). The van der Waals surface area contributed by atoms with Crippen molar-refractivity contribution in [2.24, 2.45) is 0 Å². The van der Waals surface area contributed by atoms with Gasteiger partial charge in [-0.3, -0.25) is 4.72 Å². The molecule has 0 aliphatic carbocycles. The van der Waals surface area contributed by atoms with E-state index in [4.69, 9.17) is 4.74 Å². The Bertz CT molecular complexity index is 1210. The van der Waals surface area contributed by atoms with Crippen molar-refractivity contribution in [3.05, 3.63) is 65.4 Å². The maximum atomic E-state index is 12.7. The molecule has 0 bridgehead atoms. The second-order valence-electron chi connectivity index (χ2n) is 7.84. The van der Waals surface area contributed by atoms with Gasteiger partial charge in [0.15, 0.2) is 0 Å². The molecule has 2 heterocycles. The molecule has 168 valence electrons. The Morgan fingerprint density at radius 3 is 2.25 bits per heavy atom. The van der Waals surface area contributed by atoms with Crippen LogP contribution in [0.2, 0.25) is 0 Å². The Morgan fingerprint density at radius 1 is 0.875 bits per heavy atom. The summed E-state index contributed by atoms with van der Waals surface area (Å²) < 4.78 is 33.5. The number of hydrogen-bond acceptors (Lipinski definition) is 7. The first kappa shape index (κ1) is 22.0. The van der Waals surface area contributed by atoms with Gasteiger partial charge in [0.25, 0.3) is 10.0 Å². The third-order valence-electron chi connectivity index (χ3n) is 5.36. The number of aromatic nitrogens is 2. The highest BCUT2D eigenvalue weighted by Gasteiger charge is 2.16. The van der Waals surface area contributed by atoms with Crippen molar-refractivity contribution in [3.8, 4) is 0 Å². The summed E-state index contributed by atoms with van der Waals surface area (Å²) >= 11 is 0. The molecule has 1 fully saturated rings. The minimum atomic E-state index is -3.66. The lowest BCUT2D eigenvalue weighted by molar-refractivity contribution is 0.122. The second kappa shape index (κ2) is 9.13. The largest absolute Gasteiger partial charge is 0.378 e. The van der Waals surface area contributed by atoms with Gasteiger partial charge >= 0.3 is 0 Å². The predicted octanol–water partition coefficient (Wildman–Crippen LogP) is 3.78. The number of benzene rings is 2. The molecule has 0 radical (unpaired) electrons. The summed E-state index contributed by atoms with van der Waals surface area (Å²) in [6.45, 7) is 8.74. The lowest BCUT2D eigenvalue weighted by Gasteiger charge is -2.28. The van der Waals surface area contributed by atoms with Crippen LogP contribution in [0.5, 0.6) is 0 Å². The van der Waals surface area contributed by atoms with Crippen molar-refractivity contribution in [2.75, 3.05) is 41.2 Å². The van der Waals surface area contributed by atoms with E-state index in [0.29, 0.717) is 24.8 Å². The Balaban J connectivity index is 1.47. The van der Waals surface area contributed by atoms with Crippen molar-refractivity contribution in [2.45, 2.75) is 25.7 Å². The molecular formula is C23H27N5O3S. The zero-order valence-corrected chi connectivity index (χ0v) is 19.2. The summed E-state index contributed by atoms with van der Waals surface area (Å²) in [5.74, 6) is 1.36. The van der Waals surface area contributed by atoms with Gasteiger partial charge in [0.2, 0.25) is 5.95 Å². The molecule has 3 aromatic rings. The Labute approximate surface area is 188 Å². The Kier molecular flexibility index (Phi) is 6.29. The number of rotatable bonds is 6. The number of anilines is 4. The maximum absolute atomic E-state index is 12.7. The summed E-state index contributed by atoms with van der Waals surface area (Å²) in [6, 6.07) is 14.1. The maximum Gasteiger partial charge on any atom is 0.261 e. The highest BCUT2D eigenvalue weighted by molar-refractivity contribution is 7.92. The molecule has 1 aromatic heterocycles. The van der Waals surface area contributed by atoms with Gasteiger partial charge in [-0.05, 0) is 68.3 Å². The Morgan fingerprint density at radius 2 is 1.56 bits per heavy atom. The molecule has 0 amide bonds. The molecular weight excluding hydrogens is 426 g/mol. The van der Waals surface area contributed by atoms with E-state index in [1.807, 2.05) is 32.9 Å². The SMILES string of the molecule is Cc1cc(N2CCOCC2)nc(Nc2ccc(NS(=O)(=O)c3ccc(C)c(C)c3)cc2)n1. The van der Waals surface area contributed by atoms with Gasteiger partial charge < -0.3 is 15.0 Å². The van der Waals surface area contributed by atoms with E-state index in [9.17, 15) is 8.42 Å². The van der Waals surface area contributed by atoms with Crippen LogP contribution in [0.15, 0.2) is 53.4 Å². The average Bonchev–Trinajstić information content (AvgIpc) is 2.77. The third-order valence-corrected chi connectivity index (χ3v) is 6.74. The van der Waals surface area contributed by atoms with E-state index in [-0.39, 0.29) is 4.90 Å². The van der Waals surface area contributed by atoms with Crippen molar-refractivity contribution in [3.63, 3.8) is 0 Å². The molecule has 0 unspecified atom stereocenters. The quantitative estimate of drug-likeness (QED) is 0.586. The number of aryl methyl sites for hydroxylation is 3. The van der Waals surface area contributed by atoms with Gasteiger partial charge in [0.1, 0.15) is 5.82 Å². The monoisotopic (exact) mass is 453 g/mol. The van der Waals surface area contributed by atoms with Crippen molar-refractivity contribution >= 4 is 33.2 Å². The fraction of sp³-hybridized carbons (Fsp3) is 0.304. The Hall–Kier alpha value is -3.17. The minimum absolute atomic E-state index is 0.242. The summed E-state index contributed by atoms with van der Waals surface area (Å²) in [4.78, 5) is 11.5. The number of sulfonamides is 1. The second-order valence-corrected chi connectivity index (χ2v) is 9.53. The van der Waals surface area contributed by atoms with Gasteiger partial charge in [-0.2, -0.15) is 4.98 Å². The van der Waals surface area contributed by atoms with E-state index in [2.05, 4.69) is 24.9 Å². The van der Waals surface area contributed by atoms with Gasteiger partial charge in [0, 0.05) is 36.2 Å². The van der Waals surface area contributed by atoms with Gasteiger partial charge in [-0.25, -0.2) is 13.4 Å². The first-order valence-corrected chi connectivity index (χ1v) is 11.9. The fourth-order valence-electron chi connectivity index (χ4n) is 3.41. The molecule has 0 saturated carbocycles. The van der Waals surface area contributed by atoms with Crippen LogP contribution in [0.4, 0.5) is 23.1 Å². The van der Waals surface area contributed by atoms with Crippen molar-refractivity contribution in [1.82, 2.24) is 9.97 Å². The van der Waals surface area contributed by atoms with Crippen LogP contribution in [-0.2, 0) is 14.8 Å². The molecule has 2 aromatic carbocycles. The van der Waals surface area contributed by atoms with Crippen LogP contribution in [0.3, 0.4) is 0 Å². The number of nitrogens with one attached hydrogen (secondary N) is 2. The molecule has 32 heavy (non-hydrogen) atoms. The van der Waals surface area contributed by atoms with Crippen LogP contribution in [0.25, 0.3) is 0 Å². The van der Waals surface area contributed by atoms with Gasteiger partial charge in [-0.1, -0.05) is 6.07 Å². The zero-order chi connectivity index (χ0) is 22.7. The normalized spacial score (nSPS) is 14.3. The first-order chi connectivity index (χ1) is 15.3. The van der Waals surface area contributed by atoms with E-state index in [1.165, 1.54) is 0 Å². The zero-order valence-electron chi connectivity index (χ0n) is 18.4. The van der Waals surface area contributed by atoms with Crippen molar-refractivity contribution < 1.29 is 13.2 Å². The van der Waals surface area contributed by atoms with Gasteiger partial charge in [0.05, 0.1) is 18.1 Å². The van der Waals surface area contributed by atoms with Crippen molar-refractivity contribution in [1.29, 1.82) is 0 Å². The topological polar surface area (TPSA) is 96.5 Å². The van der Waals surface area contributed by atoms with Crippen LogP contribution in [-0.4, -0.2) is 44.7 Å². The average molecular weight is 454 g/mol. The van der Waals surface area contributed by atoms with E-state index in [1.54, 1.807) is 36.4 Å². The predicted molar refractivity (Wildman–Crippen MR) is 126 cm³/mol. The van der Waals surface area contributed by atoms with E-state index >= 15 is 0 Å². The number of hydrogen-bond donors (Lipinski definition) is 2. The fourth-order valence-corrected chi connectivity index (χ4v) is 4.55. The lowest BCUT2D eigenvalue weighted by Crippen LogP contribution is -2.36. The van der Waals surface area contributed by atoms with Crippen LogP contribution in [0.1, 0.15) is 16.8 Å². The molecule has 2 N–H and O–H groups in total. The van der Waals surface area contributed by atoms with E-state index < -0.39 is 10.0 Å². The molecule has 0 atom stereocenters. The number of morpholine rings is 1. The molecule has 1 aliphatic rings. The first-order valence-electron chi connectivity index (χ1n) is 10.5. The standard InChI is InChI=1S/C23H27N5O3S/c1-16-4-9-21(14-17(16)2)32(29,30)27-20-7-5-19(6-8-20)25-23-24-18(3)15-22(26-23)28-10-12-31-13-11-28/h4-9,14-15,27H,10-13H2,1-3H3,(H,24,25,26). The van der Waals surface area contributed by atoms with Crippen LogP contribution >= 0.6 is 0 Å².